The third-order valence-electron chi connectivity index (χ3n) is 1.59. The highest BCUT2D eigenvalue weighted by atomic mass is 35.5. The van der Waals surface area contributed by atoms with Gasteiger partial charge in [-0.2, -0.15) is 0 Å². The molecule has 3 heteroatoms. The largest absolute Gasteiger partial charge is 0.321 e. The summed E-state index contributed by atoms with van der Waals surface area (Å²) in [4.78, 5) is 0. The van der Waals surface area contributed by atoms with E-state index >= 15 is 0 Å². The number of nitrogens with two attached hydrogens (primary N) is 1. The van der Waals surface area contributed by atoms with Crippen LogP contribution in [0.15, 0.2) is 30.9 Å². The van der Waals surface area contributed by atoms with Gasteiger partial charge in [0.2, 0.25) is 0 Å². The number of rotatable bonds is 2. The molecule has 0 heterocycles. The summed E-state index contributed by atoms with van der Waals surface area (Å²) in [6, 6.07) is 5.12. The number of halogens is 2. The molecule has 0 amide bonds. The van der Waals surface area contributed by atoms with Gasteiger partial charge < -0.3 is 5.73 Å². The van der Waals surface area contributed by atoms with Gasteiger partial charge in [-0.15, -0.1) is 6.58 Å². The number of benzene rings is 1. The molecule has 0 radical (unpaired) electrons. The quantitative estimate of drug-likeness (QED) is 0.732. The second-order valence-corrected chi connectivity index (χ2v) is 3.19. The van der Waals surface area contributed by atoms with Crippen molar-refractivity contribution in [1.82, 2.24) is 0 Å². The van der Waals surface area contributed by atoms with E-state index in [1.54, 1.807) is 12.1 Å². The maximum atomic E-state index is 5.91. The van der Waals surface area contributed by atoms with Gasteiger partial charge in [-0.3, -0.25) is 0 Å². The highest BCUT2D eigenvalue weighted by Gasteiger charge is 2.08. The lowest BCUT2D eigenvalue weighted by molar-refractivity contribution is 0.915. The summed E-state index contributed by atoms with van der Waals surface area (Å²) in [6.07, 6.45) is 1.62. The van der Waals surface area contributed by atoms with Crippen molar-refractivity contribution < 1.29 is 0 Å². The van der Waals surface area contributed by atoms with Crippen LogP contribution in [0.4, 0.5) is 0 Å². The predicted molar refractivity (Wildman–Crippen MR) is 53.6 cm³/mol. The van der Waals surface area contributed by atoms with Gasteiger partial charge in [-0.05, 0) is 11.6 Å². The van der Waals surface area contributed by atoms with Gasteiger partial charge in [0.05, 0.1) is 10.0 Å². The lowest BCUT2D eigenvalue weighted by atomic mass is 10.1. The highest BCUT2D eigenvalue weighted by Crippen LogP contribution is 2.29. The summed E-state index contributed by atoms with van der Waals surface area (Å²) in [5.74, 6) is 0. The van der Waals surface area contributed by atoms with Crippen LogP contribution in [0.1, 0.15) is 11.6 Å². The van der Waals surface area contributed by atoms with Crippen molar-refractivity contribution in [2.24, 2.45) is 5.73 Å². The van der Waals surface area contributed by atoms with Crippen LogP contribution in [-0.4, -0.2) is 0 Å². The third kappa shape index (κ3) is 1.81. The third-order valence-corrected chi connectivity index (χ3v) is 2.43. The van der Waals surface area contributed by atoms with Crippen LogP contribution in [0, 0.1) is 0 Å². The fourth-order valence-corrected chi connectivity index (χ4v) is 1.34. The Bertz CT molecular complexity index is 297. The first-order valence-corrected chi connectivity index (χ1v) is 4.24. The average Bonchev–Trinajstić information content (AvgIpc) is 2.08. The molecule has 0 aliphatic rings. The van der Waals surface area contributed by atoms with E-state index in [4.69, 9.17) is 28.9 Å². The second kappa shape index (κ2) is 3.94. The molecule has 1 nitrogen and oxygen atoms in total. The number of hydrogen-bond acceptors (Lipinski definition) is 1. The molecule has 0 aliphatic heterocycles. The Kier molecular flexibility index (Phi) is 3.15. The fraction of sp³-hybridized carbons (Fsp3) is 0.111. The van der Waals surface area contributed by atoms with Gasteiger partial charge in [0.25, 0.3) is 0 Å². The molecule has 0 spiro atoms. The summed E-state index contributed by atoms with van der Waals surface area (Å²) >= 11 is 11.7. The minimum atomic E-state index is -0.254. The first-order chi connectivity index (χ1) is 5.66. The molecule has 64 valence electrons. The maximum Gasteiger partial charge on any atom is 0.0643 e. The van der Waals surface area contributed by atoms with Crippen molar-refractivity contribution in [1.29, 1.82) is 0 Å². The smallest absolute Gasteiger partial charge is 0.0643 e. The van der Waals surface area contributed by atoms with Crippen LogP contribution in [-0.2, 0) is 0 Å². The Hall–Kier alpha value is -0.500. The van der Waals surface area contributed by atoms with Gasteiger partial charge >= 0.3 is 0 Å². The Morgan fingerprint density at radius 1 is 1.42 bits per heavy atom. The lowest BCUT2D eigenvalue weighted by Crippen LogP contribution is -2.06. The molecule has 1 aromatic rings. The van der Waals surface area contributed by atoms with E-state index in [1.807, 2.05) is 12.1 Å². The maximum absolute atomic E-state index is 5.91. The Labute approximate surface area is 81.8 Å². The van der Waals surface area contributed by atoms with Crippen molar-refractivity contribution in [2.45, 2.75) is 6.04 Å². The Balaban J connectivity index is 3.15. The van der Waals surface area contributed by atoms with Crippen LogP contribution in [0.5, 0.6) is 0 Å². The van der Waals surface area contributed by atoms with Crippen LogP contribution < -0.4 is 5.73 Å². The van der Waals surface area contributed by atoms with E-state index in [2.05, 4.69) is 6.58 Å². The summed E-state index contributed by atoms with van der Waals surface area (Å²) in [6.45, 7) is 3.58. The minimum Gasteiger partial charge on any atom is -0.321 e. The van der Waals surface area contributed by atoms with Gasteiger partial charge in [0.1, 0.15) is 0 Å². The molecule has 12 heavy (non-hydrogen) atoms. The standard InChI is InChI=1S/C9H9Cl2N/c1-2-8(12)6-4-3-5-7(10)9(6)11/h2-5,8H,1,12H2. The topological polar surface area (TPSA) is 26.0 Å². The molecule has 1 atom stereocenters. The first-order valence-electron chi connectivity index (χ1n) is 3.49. The molecule has 0 aliphatic carbocycles. The van der Waals surface area contributed by atoms with Crippen LogP contribution >= 0.6 is 23.2 Å². The molecule has 0 fully saturated rings. The molecular weight excluding hydrogens is 193 g/mol. The molecule has 0 saturated heterocycles. The van der Waals surface area contributed by atoms with E-state index in [0.29, 0.717) is 10.0 Å². The molecule has 1 rings (SSSR count). The first kappa shape index (κ1) is 9.59. The summed E-state index contributed by atoms with van der Waals surface area (Å²) < 4.78 is 0. The van der Waals surface area contributed by atoms with Gasteiger partial charge in [-0.25, -0.2) is 0 Å². The second-order valence-electron chi connectivity index (χ2n) is 2.40. The lowest BCUT2D eigenvalue weighted by Gasteiger charge is -2.09. The molecule has 1 aromatic carbocycles. The van der Waals surface area contributed by atoms with E-state index in [0.717, 1.165) is 5.56 Å². The predicted octanol–water partition coefficient (Wildman–Crippen LogP) is 3.18. The summed E-state index contributed by atoms with van der Waals surface area (Å²) in [5.41, 5.74) is 6.51. The zero-order valence-electron chi connectivity index (χ0n) is 6.43. The minimum absolute atomic E-state index is 0.254. The van der Waals surface area contributed by atoms with Gasteiger partial charge in [0, 0.05) is 6.04 Å². The SMILES string of the molecule is C=CC(N)c1cccc(Cl)c1Cl. The fourth-order valence-electron chi connectivity index (χ4n) is 0.905. The molecule has 2 N–H and O–H groups in total. The molecule has 1 unspecified atom stereocenters. The van der Waals surface area contributed by atoms with Crippen molar-refractivity contribution >= 4 is 23.2 Å². The Morgan fingerprint density at radius 3 is 2.67 bits per heavy atom. The molecular formula is C9H9Cl2N. The molecule has 0 bridgehead atoms. The normalized spacial score (nSPS) is 12.6. The van der Waals surface area contributed by atoms with E-state index in [-0.39, 0.29) is 6.04 Å². The van der Waals surface area contributed by atoms with Crippen molar-refractivity contribution in [3.63, 3.8) is 0 Å². The van der Waals surface area contributed by atoms with E-state index in [1.165, 1.54) is 0 Å². The van der Waals surface area contributed by atoms with Crippen molar-refractivity contribution in [3.8, 4) is 0 Å². The van der Waals surface area contributed by atoms with Crippen molar-refractivity contribution in [3.05, 3.63) is 46.5 Å². The summed E-state index contributed by atoms with van der Waals surface area (Å²) in [7, 11) is 0. The van der Waals surface area contributed by atoms with Gasteiger partial charge in [0.15, 0.2) is 0 Å². The van der Waals surface area contributed by atoms with Crippen LogP contribution in [0.3, 0.4) is 0 Å². The van der Waals surface area contributed by atoms with Gasteiger partial charge in [-0.1, -0.05) is 41.4 Å². The van der Waals surface area contributed by atoms with E-state index < -0.39 is 0 Å². The van der Waals surface area contributed by atoms with E-state index in [9.17, 15) is 0 Å². The van der Waals surface area contributed by atoms with Crippen LogP contribution in [0.25, 0.3) is 0 Å². The average molecular weight is 202 g/mol. The van der Waals surface area contributed by atoms with Crippen molar-refractivity contribution in [2.75, 3.05) is 0 Å². The summed E-state index contributed by atoms with van der Waals surface area (Å²) in [5, 5.41) is 1.03. The molecule has 0 saturated carbocycles. The zero-order valence-corrected chi connectivity index (χ0v) is 7.94. The highest BCUT2D eigenvalue weighted by molar-refractivity contribution is 6.42. The zero-order chi connectivity index (χ0) is 9.14. The monoisotopic (exact) mass is 201 g/mol. The van der Waals surface area contributed by atoms with Crippen LogP contribution in [0.2, 0.25) is 10.0 Å². The molecule has 0 aromatic heterocycles. The number of hydrogen-bond donors (Lipinski definition) is 1. The Morgan fingerprint density at radius 2 is 2.08 bits per heavy atom.